The summed E-state index contributed by atoms with van der Waals surface area (Å²) in [6.07, 6.45) is 0.526. The lowest BCUT2D eigenvalue weighted by atomic mass is 9.78. The van der Waals surface area contributed by atoms with Gasteiger partial charge in [-0.05, 0) is 60.6 Å². The molecule has 0 unspecified atom stereocenters. The van der Waals surface area contributed by atoms with Crippen LogP contribution >= 0.6 is 0 Å². The quantitative estimate of drug-likeness (QED) is 0.687. The molecule has 4 rings (SSSR count). The number of aromatic carboxylic acids is 1. The summed E-state index contributed by atoms with van der Waals surface area (Å²) in [6.45, 7) is 2.29. The van der Waals surface area contributed by atoms with E-state index in [2.05, 4.69) is 4.90 Å². The van der Waals surface area contributed by atoms with Crippen molar-refractivity contribution in [3.05, 3.63) is 65.2 Å². The lowest BCUT2D eigenvalue weighted by Crippen LogP contribution is -2.42. The third kappa shape index (κ3) is 4.73. The van der Waals surface area contributed by atoms with Gasteiger partial charge >= 0.3 is 11.9 Å². The minimum absolute atomic E-state index is 0.309. The Hall–Kier alpha value is -2.90. The van der Waals surface area contributed by atoms with E-state index in [0.29, 0.717) is 41.7 Å². The Kier molecular flexibility index (Phi) is 6.25. The van der Waals surface area contributed by atoms with Crippen LogP contribution in [0.2, 0.25) is 0 Å². The predicted octanol–water partition coefficient (Wildman–Crippen LogP) is 2.82. The highest BCUT2D eigenvalue weighted by Crippen LogP contribution is 2.38. The van der Waals surface area contributed by atoms with Crippen LogP contribution in [0.25, 0.3) is 0 Å². The van der Waals surface area contributed by atoms with Crippen LogP contribution in [0.4, 0.5) is 0 Å². The number of ether oxygens (including phenoxy) is 2. The molecule has 2 N–H and O–H groups in total. The second-order valence-electron chi connectivity index (χ2n) is 8.39. The summed E-state index contributed by atoms with van der Waals surface area (Å²) in [4.78, 5) is 25.3. The zero-order chi connectivity index (χ0) is 22.0. The Balaban J connectivity index is 1.38. The maximum atomic E-state index is 11.6. The van der Waals surface area contributed by atoms with Gasteiger partial charge in [-0.15, -0.1) is 0 Å². The van der Waals surface area contributed by atoms with E-state index in [1.807, 2.05) is 12.1 Å². The number of aliphatic hydroxyl groups excluding tert-OH is 1. The van der Waals surface area contributed by atoms with Gasteiger partial charge in [-0.25, -0.2) is 9.59 Å². The summed E-state index contributed by atoms with van der Waals surface area (Å²) >= 11 is 0. The number of carbonyl (C=O) groups is 2. The van der Waals surface area contributed by atoms with E-state index in [-0.39, 0.29) is 6.10 Å². The van der Waals surface area contributed by atoms with Crippen LogP contribution in [0.3, 0.4) is 0 Å². The fraction of sp³-hybridized carbons (Fsp3) is 0.417. The zero-order valence-electron chi connectivity index (χ0n) is 17.4. The molecule has 4 atom stereocenters. The Morgan fingerprint density at radius 3 is 2.39 bits per heavy atom. The number of carboxylic acid groups (broad SMARTS) is 1. The average molecular weight is 425 g/mol. The molecule has 7 nitrogen and oxygen atoms in total. The first-order chi connectivity index (χ1) is 14.9. The van der Waals surface area contributed by atoms with Crippen molar-refractivity contribution >= 4 is 11.9 Å². The van der Waals surface area contributed by atoms with Crippen LogP contribution < -0.4 is 4.74 Å². The lowest BCUT2D eigenvalue weighted by molar-refractivity contribution is -0.0231. The van der Waals surface area contributed by atoms with E-state index in [4.69, 9.17) is 9.47 Å². The number of carbonyl (C=O) groups excluding carboxylic acids is 1. The van der Waals surface area contributed by atoms with Crippen LogP contribution in [-0.2, 0) is 11.3 Å². The van der Waals surface area contributed by atoms with Crippen molar-refractivity contribution in [1.29, 1.82) is 0 Å². The van der Waals surface area contributed by atoms with Crippen molar-refractivity contribution in [2.24, 2.45) is 11.8 Å². The maximum Gasteiger partial charge on any atom is 0.337 e. The number of hydrogen-bond donors (Lipinski definition) is 2. The topological polar surface area (TPSA) is 96.3 Å². The number of rotatable bonds is 6. The highest BCUT2D eigenvalue weighted by molar-refractivity contribution is 5.89. The summed E-state index contributed by atoms with van der Waals surface area (Å²) in [5.74, 6) is 0.0607. The monoisotopic (exact) mass is 425 g/mol. The molecule has 0 aromatic heterocycles. The third-order valence-electron chi connectivity index (χ3n) is 6.37. The molecule has 0 bridgehead atoms. The molecular formula is C24H27NO6. The van der Waals surface area contributed by atoms with Crippen LogP contribution in [0.5, 0.6) is 5.75 Å². The van der Waals surface area contributed by atoms with Crippen molar-refractivity contribution in [2.75, 3.05) is 20.2 Å². The number of likely N-dealkylation sites (tertiary alicyclic amines) is 1. The van der Waals surface area contributed by atoms with Crippen molar-refractivity contribution in [3.63, 3.8) is 0 Å². The molecule has 2 fully saturated rings. The molecular weight excluding hydrogens is 398 g/mol. The third-order valence-corrected chi connectivity index (χ3v) is 6.37. The first-order valence-corrected chi connectivity index (χ1v) is 10.5. The fourth-order valence-electron chi connectivity index (χ4n) is 4.81. The molecule has 7 heteroatoms. The number of methoxy groups -OCH3 is 1. The van der Waals surface area contributed by atoms with Gasteiger partial charge in [-0.1, -0.05) is 18.2 Å². The van der Waals surface area contributed by atoms with E-state index in [0.717, 1.165) is 25.1 Å². The van der Waals surface area contributed by atoms with Crippen LogP contribution in [0.1, 0.15) is 39.1 Å². The van der Waals surface area contributed by atoms with E-state index < -0.39 is 18.0 Å². The number of carboxylic acids is 1. The summed E-state index contributed by atoms with van der Waals surface area (Å²) in [5.41, 5.74) is 1.61. The smallest absolute Gasteiger partial charge is 0.337 e. The summed E-state index contributed by atoms with van der Waals surface area (Å²) < 4.78 is 10.8. The van der Waals surface area contributed by atoms with E-state index in [1.54, 1.807) is 36.4 Å². The van der Waals surface area contributed by atoms with Gasteiger partial charge in [0.05, 0.1) is 24.3 Å². The van der Waals surface area contributed by atoms with Gasteiger partial charge in [0, 0.05) is 19.6 Å². The number of nitrogens with zero attached hydrogens (tertiary/aromatic N) is 1. The molecule has 0 radical (unpaired) electrons. The largest absolute Gasteiger partial charge is 0.488 e. The van der Waals surface area contributed by atoms with Gasteiger partial charge < -0.3 is 19.7 Å². The Labute approximate surface area is 181 Å². The predicted molar refractivity (Wildman–Crippen MR) is 113 cm³/mol. The van der Waals surface area contributed by atoms with Crippen molar-refractivity contribution < 1.29 is 29.3 Å². The molecule has 1 saturated carbocycles. The Bertz CT molecular complexity index is 943. The van der Waals surface area contributed by atoms with Gasteiger partial charge in [0.25, 0.3) is 0 Å². The lowest BCUT2D eigenvalue weighted by Gasteiger charge is -2.35. The minimum atomic E-state index is -0.908. The van der Waals surface area contributed by atoms with Gasteiger partial charge in [0.2, 0.25) is 0 Å². The highest BCUT2D eigenvalue weighted by atomic mass is 16.5. The van der Waals surface area contributed by atoms with Crippen molar-refractivity contribution in [2.45, 2.75) is 31.6 Å². The fourth-order valence-corrected chi connectivity index (χ4v) is 4.81. The normalized spacial score (nSPS) is 25.6. The second kappa shape index (κ2) is 9.08. The standard InChI is InChI=1S/C24H27NO6/c1-30-24(29)15-6-8-19(9-7-15)31-22-11-18-14-25(13-17(18)10-21(22)26)12-16-4-2-3-5-20(16)23(27)28/h2-9,17-18,21-22,26H,10-14H2,1H3,(H,27,28)/t17-,18+,21+,22+/m0/s1. The van der Waals surface area contributed by atoms with Gasteiger partial charge in [-0.3, -0.25) is 4.90 Å². The molecule has 31 heavy (non-hydrogen) atoms. The molecule has 0 spiro atoms. The zero-order valence-corrected chi connectivity index (χ0v) is 17.4. The average Bonchev–Trinajstić information content (AvgIpc) is 3.15. The van der Waals surface area contributed by atoms with Crippen LogP contribution in [-0.4, -0.2) is 59.5 Å². The molecule has 1 aliphatic carbocycles. The molecule has 2 aromatic carbocycles. The highest BCUT2D eigenvalue weighted by Gasteiger charge is 2.42. The molecule has 0 amide bonds. The van der Waals surface area contributed by atoms with Crippen LogP contribution in [0.15, 0.2) is 48.5 Å². The van der Waals surface area contributed by atoms with Gasteiger partial charge in [0.1, 0.15) is 11.9 Å². The summed E-state index contributed by atoms with van der Waals surface area (Å²) in [6, 6.07) is 13.8. The number of esters is 1. The summed E-state index contributed by atoms with van der Waals surface area (Å²) in [5, 5.41) is 20.1. The van der Waals surface area contributed by atoms with E-state index in [9.17, 15) is 19.8 Å². The number of hydrogen-bond acceptors (Lipinski definition) is 6. The molecule has 164 valence electrons. The van der Waals surface area contributed by atoms with Crippen LogP contribution in [0, 0.1) is 11.8 Å². The van der Waals surface area contributed by atoms with Gasteiger partial charge in [-0.2, -0.15) is 0 Å². The Morgan fingerprint density at radius 2 is 1.71 bits per heavy atom. The SMILES string of the molecule is COC(=O)c1ccc(O[C@@H]2C[C@@H]3CN(Cc4ccccc4C(=O)O)C[C@@H]3C[C@H]2O)cc1. The first-order valence-electron chi connectivity index (χ1n) is 10.5. The number of aliphatic hydroxyl groups is 1. The Morgan fingerprint density at radius 1 is 1.03 bits per heavy atom. The molecule has 1 aliphatic heterocycles. The van der Waals surface area contributed by atoms with E-state index in [1.165, 1.54) is 7.11 Å². The maximum absolute atomic E-state index is 11.6. The number of fused-ring (bicyclic) bond motifs is 1. The molecule has 1 heterocycles. The second-order valence-corrected chi connectivity index (χ2v) is 8.39. The van der Waals surface area contributed by atoms with Crippen molar-refractivity contribution in [3.8, 4) is 5.75 Å². The molecule has 1 saturated heterocycles. The molecule has 2 aromatic rings. The van der Waals surface area contributed by atoms with E-state index >= 15 is 0 Å². The number of benzene rings is 2. The van der Waals surface area contributed by atoms with Crippen molar-refractivity contribution in [1.82, 2.24) is 4.90 Å². The molecule has 2 aliphatic rings. The first kappa shape index (κ1) is 21.3. The summed E-state index contributed by atoms with van der Waals surface area (Å²) in [7, 11) is 1.34. The van der Waals surface area contributed by atoms with Gasteiger partial charge in [0.15, 0.2) is 0 Å². The minimum Gasteiger partial charge on any atom is -0.488 e.